The molecule has 0 saturated heterocycles. The van der Waals surface area contributed by atoms with E-state index in [9.17, 15) is 9.90 Å². The van der Waals surface area contributed by atoms with Gasteiger partial charge in [-0.3, -0.25) is 4.79 Å². The first-order valence-electron chi connectivity index (χ1n) is 6.86. The van der Waals surface area contributed by atoms with Gasteiger partial charge in [-0.15, -0.1) is 0 Å². The lowest BCUT2D eigenvalue weighted by Gasteiger charge is -2.16. The van der Waals surface area contributed by atoms with Crippen molar-refractivity contribution in [3.63, 3.8) is 0 Å². The van der Waals surface area contributed by atoms with Crippen molar-refractivity contribution in [3.8, 4) is 0 Å². The molecule has 0 fully saturated rings. The summed E-state index contributed by atoms with van der Waals surface area (Å²) in [5.41, 5.74) is 1.98. The zero-order chi connectivity index (χ0) is 15.1. The third-order valence-electron chi connectivity index (χ3n) is 3.19. The van der Waals surface area contributed by atoms with Gasteiger partial charge in [-0.1, -0.05) is 54.1 Å². The third-order valence-corrected chi connectivity index (χ3v) is 3.44. The lowest BCUT2D eigenvalue weighted by Crippen LogP contribution is -2.39. The van der Waals surface area contributed by atoms with E-state index in [1.54, 1.807) is 12.1 Å². The largest absolute Gasteiger partial charge is 0.394 e. The van der Waals surface area contributed by atoms with Crippen LogP contribution >= 0.6 is 11.6 Å². The second-order valence-corrected chi connectivity index (χ2v) is 5.38. The maximum Gasteiger partial charge on any atom is 0.224 e. The van der Waals surface area contributed by atoms with Gasteiger partial charge < -0.3 is 10.4 Å². The zero-order valence-electron chi connectivity index (χ0n) is 11.6. The second-order valence-electron chi connectivity index (χ2n) is 4.94. The first-order valence-corrected chi connectivity index (χ1v) is 7.24. The molecule has 3 nitrogen and oxygen atoms in total. The number of aliphatic hydroxyl groups is 1. The van der Waals surface area contributed by atoms with Crippen LogP contribution in [0.15, 0.2) is 54.6 Å². The summed E-state index contributed by atoms with van der Waals surface area (Å²) in [5.74, 6) is -0.104. The molecular formula is C17H18ClNO2. The minimum atomic E-state index is -0.271. The van der Waals surface area contributed by atoms with Gasteiger partial charge in [0.05, 0.1) is 19.1 Å². The lowest BCUT2D eigenvalue weighted by atomic mass is 10.1. The highest BCUT2D eigenvalue weighted by atomic mass is 35.5. The molecule has 0 aliphatic heterocycles. The van der Waals surface area contributed by atoms with Crippen LogP contribution in [0.2, 0.25) is 5.02 Å². The van der Waals surface area contributed by atoms with Crippen LogP contribution in [0, 0.1) is 0 Å². The molecule has 1 amide bonds. The van der Waals surface area contributed by atoms with Gasteiger partial charge in [-0.25, -0.2) is 0 Å². The Hall–Kier alpha value is -1.84. The van der Waals surface area contributed by atoms with Gasteiger partial charge in [0, 0.05) is 5.02 Å². The van der Waals surface area contributed by atoms with Crippen LogP contribution in [-0.4, -0.2) is 23.7 Å². The summed E-state index contributed by atoms with van der Waals surface area (Å²) in [6.07, 6.45) is 0.895. The number of hydrogen-bond donors (Lipinski definition) is 2. The summed E-state index contributed by atoms with van der Waals surface area (Å²) >= 11 is 5.81. The van der Waals surface area contributed by atoms with E-state index >= 15 is 0 Å². The Labute approximate surface area is 129 Å². The Bertz CT molecular complexity index is 569. The van der Waals surface area contributed by atoms with E-state index in [1.165, 1.54) is 0 Å². The number of benzene rings is 2. The molecule has 2 rings (SSSR count). The highest BCUT2D eigenvalue weighted by molar-refractivity contribution is 6.30. The minimum absolute atomic E-state index is 0.0821. The summed E-state index contributed by atoms with van der Waals surface area (Å²) in [5, 5.41) is 12.9. The average molecular weight is 304 g/mol. The van der Waals surface area contributed by atoms with E-state index < -0.39 is 0 Å². The van der Waals surface area contributed by atoms with Crippen molar-refractivity contribution >= 4 is 17.5 Å². The number of carbonyl (C=O) groups is 1. The molecule has 1 atom stereocenters. The van der Waals surface area contributed by atoms with E-state index in [4.69, 9.17) is 11.6 Å². The van der Waals surface area contributed by atoms with Gasteiger partial charge in [-0.05, 0) is 29.7 Å². The fraction of sp³-hybridized carbons (Fsp3) is 0.235. The molecule has 21 heavy (non-hydrogen) atoms. The van der Waals surface area contributed by atoms with Crippen LogP contribution in [0.25, 0.3) is 0 Å². The first kappa shape index (κ1) is 15.5. The van der Waals surface area contributed by atoms with Gasteiger partial charge in [-0.2, -0.15) is 0 Å². The molecule has 0 aliphatic rings. The van der Waals surface area contributed by atoms with E-state index in [1.807, 2.05) is 42.5 Å². The van der Waals surface area contributed by atoms with Gasteiger partial charge in [0.1, 0.15) is 0 Å². The summed E-state index contributed by atoms with van der Waals surface area (Å²) in [6.45, 7) is -0.0821. The molecule has 0 aliphatic carbocycles. The smallest absolute Gasteiger partial charge is 0.224 e. The van der Waals surface area contributed by atoms with Crippen molar-refractivity contribution in [1.82, 2.24) is 5.32 Å². The van der Waals surface area contributed by atoms with E-state index in [0.717, 1.165) is 11.1 Å². The molecular weight excluding hydrogens is 286 g/mol. The summed E-state index contributed by atoms with van der Waals surface area (Å²) < 4.78 is 0. The van der Waals surface area contributed by atoms with Crippen LogP contribution in [0.5, 0.6) is 0 Å². The van der Waals surface area contributed by atoms with Crippen molar-refractivity contribution in [1.29, 1.82) is 0 Å². The first-order chi connectivity index (χ1) is 10.2. The Kier molecular flexibility index (Phi) is 5.78. The van der Waals surface area contributed by atoms with Gasteiger partial charge in [0.2, 0.25) is 5.91 Å². The highest BCUT2D eigenvalue weighted by Crippen LogP contribution is 2.10. The molecule has 110 valence electrons. The lowest BCUT2D eigenvalue weighted by molar-refractivity contribution is -0.121. The zero-order valence-corrected chi connectivity index (χ0v) is 12.4. The summed E-state index contributed by atoms with van der Waals surface area (Å²) in [6, 6.07) is 16.7. The number of halogens is 1. The fourth-order valence-electron chi connectivity index (χ4n) is 2.13. The fourth-order valence-corrected chi connectivity index (χ4v) is 2.25. The average Bonchev–Trinajstić information content (AvgIpc) is 2.50. The molecule has 4 heteroatoms. The topological polar surface area (TPSA) is 49.3 Å². The Morgan fingerprint density at radius 1 is 1.05 bits per heavy atom. The van der Waals surface area contributed by atoms with Crippen molar-refractivity contribution in [2.75, 3.05) is 6.61 Å². The van der Waals surface area contributed by atoms with E-state index in [2.05, 4.69) is 5.32 Å². The third kappa shape index (κ3) is 5.21. The highest BCUT2D eigenvalue weighted by Gasteiger charge is 2.12. The van der Waals surface area contributed by atoms with Crippen LogP contribution < -0.4 is 5.32 Å². The minimum Gasteiger partial charge on any atom is -0.394 e. The number of nitrogens with one attached hydrogen (secondary N) is 1. The molecule has 0 heterocycles. The number of rotatable bonds is 6. The number of aliphatic hydroxyl groups excluding tert-OH is 1. The molecule has 0 aromatic heterocycles. The second kappa shape index (κ2) is 7.81. The molecule has 2 aromatic carbocycles. The molecule has 0 unspecified atom stereocenters. The van der Waals surface area contributed by atoms with Gasteiger partial charge in [0.25, 0.3) is 0 Å². The standard InChI is InChI=1S/C17H18ClNO2/c18-15-8-6-14(7-9-15)11-17(21)19-16(12-20)10-13-4-2-1-3-5-13/h1-9,16,20H,10-12H2,(H,19,21)/t16-/m0/s1. The SMILES string of the molecule is O=C(Cc1ccc(Cl)cc1)N[C@H](CO)Cc1ccccc1. The molecule has 2 aromatic rings. The van der Waals surface area contributed by atoms with Gasteiger partial charge in [0.15, 0.2) is 0 Å². The molecule has 0 saturated carbocycles. The quantitative estimate of drug-likeness (QED) is 0.862. The van der Waals surface area contributed by atoms with Crippen LogP contribution in [0.4, 0.5) is 0 Å². The van der Waals surface area contributed by atoms with Crippen LogP contribution in [-0.2, 0) is 17.6 Å². The molecule has 0 spiro atoms. The molecule has 0 radical (unpaired) electrons. The number of hydrogen-bond acceptors (Lipinski definition) is 2. The monoisotopic (exact) mass is 303 g/mol. The summed E-state index contributed by atoms with van der Waals surface area (Å²) in [4.78, 5) is 12.0. The predicted molar refractivity (Wildman–Crippen MR) is 84.3 cm³/mol. The van der Waals surface area contributed by atoms with Gasteiger partial charge >= 0.3 is 0 Å². The Morgan fingerprint density at radius 3 is 2.33 bits per heavy atom. The number of amides is 1. The normalized spacial score (nSPS) is 11.9. The Balaban J connectivity index is 1.89. The molecule has 0 bridgehead atoms. The van der Waals surface area contributed by atoms with Crippen molar-refractivity contribution in [2.24, 2.45) is 0 Å². The maximum atomic E-state index is 12.0. The van der Waals surface area contributed by atoms with E-state index in [0.29, 0.717) is 11.4 Å². The van der Waals surface area contributed by atoms with Crippen LogP contribution in [0.3, 0.4) is 0 Å². The Morgan fingerprint density at radius 2 is 1.71 bits per heavy atom. The van der Waals surface area contributed by atoms with Crippen LogP contribution in [0.1, 0.15) is 11.1 Å². The van der Waals surface area contributed by atoms with E-state index in [-0.39, 0.29) is 25.0 Å². The van der Waals surface area contributed by atoms with Crippen molar-refractivity contribution < 1.29 is 9.90 Å². The molecule has 2 N–H and O–H groups in total. The van der Waals surface area contributed by atoms with Crippen molar-refractivity contribution in [2.45, 2.75) is 18.9 Å². The maximum absolute atomic E-state index is 12.0. The number of carbonyl (C=O) groups excluding carboxylic acids is 1. The van der Waals surface area contributed by atoms with Crippen molar-refractivity contribution in [3.05, 3.63) is 70.7 Å². The predicted octanol–water partition coefficient (Wildman–Crippen LogP) is 2.60. The summed E-state index contributed by atoms with van der Waals surface area (Å²) in [7, 11) is 0.